The number of fused-ring (bicyclic) bond motifs is 1. The van der Waals surface area contributed by atoms with Crippen LogP contribution in [-0.2, 0) is 4.74 Å². The fraction of sp³-hybridized carbons (Fsp3) is 0.167. The standard InChI is InChI=1S/C6H5NOS/c1-2-9-6-5(1)3-8-4-7-6/h1-3H,4H2/i3D,4D. The highest BCUT2D eigenvalue weighted by Gasteiger charge is 1.92. The highest BCUT2D eigenvalue weighted by atomic mass is 32.1. The fourth-order valence-corrected chi connectivity index (χ4v) is 1.32. The van der Waals surface area contributed by atoms with E-state index < -0.39 is 6.71 Å². The van der Waals surface area contributed by atoms with E-state index in [9.17, 15) is 0 Å². The van der Waals surface area contributed by atoms with Crippen LogP contribution >= 0.6 is 11.3 Å². The monoisotopic (exact) mass is 141 g/mol. The van der Waals surface area contributed by atoms with Crippen LogP contribution in [0.15, 0.2) is 16.4 Å². The topological polar surface area (TPSA) is 21.6 Å². The Balaban J connectivity index is 2.80. The minimum atomic E-state index is -0.950. The lowest BCUT2D eigenvalue weighted by Gasteiger charge is -1.95. The van der Waals surface area contributed by atoms with Crippen LogP contribution in [-0.4, -0.2) is 6.71 Å². The largest absolute Gasteiger partial charge is 0.478 e. The Morgan fingerprint density at radius 2 is 3.00 bits per heavy atom. The average Bonchev–Trinajstić information content (AvgIpc) is 2.34. The van der Waals surface area contributed by atoms with Crippen LogP contribution in [0, 0.1) is 0 Å². The average molecular weight is 141 g/mol. The first kappa shape index (κ1) is 3.37. The number of rotatable bonds is 0. The van der Waals surface area contributed by atoms with Gasteiger partial charge in [0.05, 0.1) is 7.61 Å². The van der Waals surface area contributed by atoms with E-state index >= 15 is 0 Å². The highest BCUT2D eigenvalue weighted by Crippen LogP contribution is 1.86. The van der Waals surface area contributed by atoms with E-state index in [0.29, 0.717) is 5.22 Å². The summed E-state index contributed by atoms with van der Waals surface area (Å²) in [5.41, 5.74) is 0. The maximum absolute atomic E-state index is 7.32. The third kappa shape index (κ3) is 0.733. The second kappa shape index (κ2) is 1.84. The summed E-state index contributed by atoms with van der Waals surface area (Å²) in [5, 5.41) is 2.53. The Morgan fingerprint density at radius 1 is 2.00 bits per heavy atom. The molecular weight excluding hydrogens is 134 g/mol. The van der Waals surface area contributed by atoms with E-state index in [0.717, 1.165) is 4.67 Å². The first-order chi connectivity index (χ1) is 5.27. The summed E-state index contributed by atoms with van der Waals surface area (Å²) < 4.78 is 20.0. The third-order valence-corrected chi connectivity index (χ3v) is 1.86. The van der Waals surface area contributed by atoms with Crippen LogP contribution in [0.3, 0.4) is 0 Å². The molecule has 1 aromatic heterocycles. The van der Waals surface area contributed by atoms with Gasteiger partial charge in [-0.3, -0.25) is 0 Å². The first-order valence-corrected chi connectivity index (χ1v) is 3.36. The molecule has 0 aromatic carbocycles. The molecule has 0 bridgehead atoms. The van der Waals surface area contributed by atoms with Crippen molar-refractivity contribution in [2.45, 2.75) is 0 Å². The van der Waals surface area contributed by atoms with Gasteiger partial charge in [-0.2, -0.15) is 0 Å². The summed E-state index contributed by atoms with van der Waals surface area (Å²) in [7, 11) is 0. The normalized spacial score (nSPS) is 27.1. The molecule has 46 valence electrons. The van der Waals surface area contributed by atoms with E-state index in [1.807, 2.05) is 5.38 Å². The van der Waals surface area contributed by atoms with Gasteiger partial charge in [-0.1, -0.05) is 0 Å². The van der Waals surface area contributed by atoms with Gasteiger partial charge in [-0.05, 0) is 11.4 Å². The maximum Gasteiger partial charge on any atom is 0.179 e. The van der Waals surface area contributed by atoms with Crippen molar-refractivity contribution in [2.24, 2.45) is 4.99 Å². The van der Waals surface area contributed by atoms with Crippen LogP contribution in [0.2, 0.25) is 0 Å². The van der Waals surface area contributed by atoms with Crippen molar-refractivity contribution in [3.05, 3.63) is 21.3 Å². The van der Waals surface area contributed by atoms with E-state index in [-0.39, 0.29) is 6.24 Å². The van der Waals surface area contributed by atoms with Crippen molar-refractivity contribution in [3.63, 3.8) is 0 Å². The van der Waals surface area contributed by atoms with Gasteiger partial charge in [0.15, 0.2) is 6.71 Å². The van der Waals surface area contributed by atoms with Gasteiger partial charge in [0, 0.05) is 5.22 Å². The Bertz CT molecular complexity index is 386. The molecule has 2 rings (SSSR count). The van der Waals surface area contributed by atoms with Gasteiger partial charge in [0.1, 0.15) is 6.04 Å². The number of ether oxygens (including phenoxy) is 1. The quantitative estimate of drug-likeness (QED) is 0.502. The molecule has 1 atom stereocenters. The lowest BCUT2D eigenvalue weighted by atomic mass is 10.5. The Kier molecular flexibility index (Phi) is 0.689. The summed E-state index contributed by atoms with van der Waals surface area (Å²) in [6.07, 6.45) is 0.0521. The minimum Gasteiger partial charge on any atom is -0.478 e. The molecular formula is C6H5NOS. The third-order valence-electron chi connectivity index (χ3n) is 1.04. The van der Waals surface area contributed by atoms with E-state index in [1.54, 1.807) is 6.07 Å². The highest BCUT2D eigenvalue weighted by molar-refractivity contribution is 7.07. The van der Waals surface area contributed by atoms with E-state index in [2.05, 4.69) is 4.99 Å². The predicted octanol–water partition coefficient (Wildman–Crippen LogP) is 0.0934. The number of hydrogen-bond donors (Lipinski definition) is 0. The van der Waals surface area contributed by atoms with Gasteiger partial charge in [0.25, 0.3) is 0 Å². The molecule has 0 N–H and O–H groups in total. The zero-order valence-corrected chi connectivity index (χ0v) is 5.31. The SMILES string of the molecule is [2H]C1=c2ccsc2=NC([2H])O1. The van der Waals surface area contributed by atoms with Crippen LogP contribution in [0.1, 0.15) is 2.74 Å². The van der Waals surface area contributed by atoms with E-state index in [4.69, 9.17) is 7.48 Å². The number of nitrogens with zero attached hydrogens (tertiary/aromatic N) is 1. The second-order valence-electron chi connectivity index (χ2n) is 1.59. The Morgan fingerprint density at radius 3 is 4.00 bits per heavy atom. The van der Waals surface area contributed by atoms with Crippen molar-refractivity contribution < 1.29 is 7.48 Å². The van der Waals surface area contributed by atoms with Crippen molar-refractivity contribution in [1.82, 2.24) is 0 Å². The molecule has 0 fully saturated rings. The molecule has 1 aliphatic heterocycles. The molecule has 0 amide bonds. The second-order valence-corrected chi connectivity index (χ2v) is 2.49. The zero-order valence-electron chi connectivity index (χ0n) is 6.50. The van der Waals surface area contributed by atoms with Crippen molar-refractivity contribution >= 4 is 17.6 Å². The molecule has 0 spiro atoms. The molecule has 0 saturated heterocycles. The molecule has 1 unspecified atom stereocenters. The lowest BCUT2D eigenvalue weighted by molar-refractivity contribution is 0.297. The Labute approximate surface area is 58.9 Å². The van der Waals surface area contributed by atoms with Crippen molar-refractivity contribution in [2.75, 3.05) is 6.71 Å². The molecule has 2 heterocycles. The summed E-state index contributed by atoms with van der Waals surface area (Å²) in [4.78, 5) is 3.88. The van der Waals surface area contributed by atoms with E-state index in [1.165, 1.54) is 11.3 Å². The lowest BCUT2D eigenvalue weighted by Crippen LogP contribution is -2.22. The van der Waals surface area contributed by atoms with Crippen molar-refractivity contribution in [1.29, 1.82) is 0 Å². The van der Waals surface area contributed by atoms with Gasteiger partial charge >= 0.3 is 0 Å². The predicted molar refractivity (Wildman–Crippen MR) is 35.5 cm³/mol. The summed E-state index contributed by atoms with van der Waals surface area (Å²) in [5.74, 6) is 0. The van der Waals surface area contributed by atoms with Crippen LogP contribution in [0.4, 0.5) is 0 Å². The van der Waals surface area contributed by atoms with Gasteiger partial charge in [0.2, 0.25) is 0 Å². The maximum atomic E-state index is 7.32. The molecule has 0 radical (unpaired) electrons. The zero-order chi connectivity index (χ0) is 7.84. The van der Waals surface area contributed by atoms with Gasteiger partial charge in [-0.15, -0.1) is 11.3 Å². The fourth-order valence-electron chi connectivity index (χ4n) is 0.643. The Hall–Kier alpha value is -0.830. The molecule has 1 aromatic rings. The summed E-state index contributed by atoms with van der Waals surface area (Å²) in [6.45, 7) is -0.950. The molecule has 2 nitrogen and oxygen atoms in total. The van der Waals surface area contributed by atoms with Crippen LogP contribution in [0.25, 0.3) is 6.24 Å². The van der Waals surface area contributed by atoms with Gasteiger partial charge in [-0.25, -0.2) is 4.99 Å². The summed E-state index contributed by atoms with van der Waals surface area (Å²) >= 11 is 1.43. The number of hydrogen-bond acceptors (Lipinski definition) is 3. The first-order valence-electron chi connectivity index (χ1n) is 3.56. The smallest absolute Gasteiger partial charge is 0.179 e. The molecule has 0 saturated carbocycles. The summed E-state index contributed by atoms with van der Waals surface area (Å²) in [6, 6.07) is 1.78. The van der Waals surface area contributed by atoms with Crippen molar-refractivity contribution in [3.8, 4) is 0 Å². The number of thiophene rings is 1. The molecule has 9 heavy (non-hydrogen) atoms. The van der Waals surface area contributed by atoms with Gasteiger partial charge < -0.3 is 4.74 Å². The van der Waals surface area contributed by atoms with Crippen LogP contribution in [0.5, 0.6) is 0 Å². The van der Waals surface area contributed by atoms with Crippen LogP contribution < -0.4 is 9.89 Å². The molecule has 3 heteroatoms. The molecule has 0 aliphatic carbocycles. The molecule has 1 aliphatic rings. The minimum absolute atomic E-state index is 0.0521.